The Kier molecular flexibility index (Phi) is 13.7. The van der Waals surface area contributed by atoms with Gasteiger partial charge in [-0.25, -0.2) is 23.1 Å². The van der Waals surface area contributed by atoms with Crippen LogP contribution in [0.4, 0.5) is 0 Å². The van der Waals surface area contributed by atoms with E-state index in [-0.39, 0.29) is 55.0 Å². The molecule has 7 rings (SSSR count). The van der Waals surface area contributed by atoms with Crippen molar-refractivity contribution >= 4 is 62.5 Å². The van der Waals surface area contributed by atoms with E-state index in [9.17, 15) is 32.4 Å². The molecule has 0 radical (unpaired) electrons. The molecule has 348 valence electrons. The van der Waals surface area contributed by atoms with Gasteiger partial charge < -0.3 is 30.4 Å². The van der Waals surface area contributed by atoms with Crippen LogP contribution in [0, 0.1) is 18.3 Å². The van der Waals surface area contributed by atoms with Gasteiger partial charge in [-0.2, -0.15) is 15.0 Å². The number of nitrogens with zero attached hydrogens (tertiary/aromatic N) is 6. The van der Waals surface area contributed by atoms with Crippen LogP contribution in [0.3, 0.4) is 0 Å². The Hall–Kier alpha value is -6.65. The van der Waals surface area contributed by atoms with Crippen molar-refractivity contribution in [1.29, 1.82) is 5.41 Å². The van der Waals surface area contributed by atoms with Crippen LogP contribution in [-0.4, -0.2) is 123 Å². The van der Waals surface area contributed by atoms with Crippen molar-refractivity contribution < 1.29 is 51.6 Å². The smallest absolute Gasteiger partial charge is 0.405 e. The summed E-state index contributed by atoms with van der Waals surface area (Å²) in [6.45, 7) is 5.16. The van der Waals surface area contributed by atoms with Crippen molar-refractivity contribution in [1.82, 2.24) is 45.7 Å². The molecule has 1 aromatic carbocycles. The third kappa shape index (κ3) is 10.7. The van der Waals surface area contributed by atoms with Gasteiger partial charge in [0.1, 0.15) is 29.5 Å². The molecule has 2 saturated carbocycles. The third-order valence-electron chi connectivity index (χ3n) is 11.5. The number of aromatic nitrogens is 4. The van der Waals surface area contributed by atoms with E-state index in [1.54, 1.807) is 26.1 Å². The summed E-state index contributed by atoms with van der Waals surface area (Å²) < 4.78 is 40.8. The van der Waals surface area contributed by atoms with Crippen LogP contribution in [0.2, 0.25) is 0 Å². The highest BCUT2D eigenvalue weighted by atomic mass is 32.2. The summed E-state index contributed by atoms with van der Waals surface area (Å²) in [5.74, 6) is -3.80. The van der Waals surface area contributed by atoms with E-state index >= 15 is 0 Å². The van der Waals surface area contributed by atoms with Crippen molar-refractivity contribution in [2.24, 2.45) is 18.1 Å². The van der Waals surface area contributed by atoms with Gasteiger partial charge in [-0.15, -0.1) is 5.10 Å². The van der Waals surface area contributed by atoms with Gasteiger partial charge in [0.25, 0.3) is 11.8 Å². The van der Waals surface area contributed by atoms with Crippen molar-refractivity contribution in [3.05, 3.63) is 47.8 Å². The molecule has 4 heterocycles. The lowest BCUT2D eigenvalue weighted by Gasteiger charge is -2.29. The number of hydrogen-bond donors (Lipinski definition) is 5. The molecule has 65 heavy (non-hydrogen) atoms. The average molecular weight is 920 g/mol. The van der Waals surface area contributed by atoms with Gasteiger partial charge in [-0.05, 0) is 71.4 Å². The van der Waals surface area contributed by atoms with Crippen LogP contribution < -0.4 is 35.1 Å². The molecule has 2 aromatic heterocycles. The minimum absolute atomic E-state index is 0.00316. The van der Waals surface area contributed by atoms with Crippen LogP contribution in [0.5, 0.6) is 17.4 Å². The minimum atomic E-state index is -3.96. The van der Waals surface area contributed by atoms with Crippen LogP contribution in [-0.2, 0) is 41.1 Å². The molecule has 3 aromatic rings. The Labute approximate surface area is 374 Å². The maximum Gasteiger partial charge on any atom is 0.405 e. The second-order valence-electron chi connectivity index (χ2n) is 16.8. The van der Waals surface area contributed by atoms with E-state index in [0.717, 1.165) is 12.6 Å². The van der Waals surface area contributed by atoms with E-state index < -0.39 is 80.2 Å². The fourth-order valence-electron chi connectivity index (χ4n) is 7.86. The van der Waals surface area contributed by atoms with Gasteiger partial charge in [0.05, 0.1) is 35.8 Å². The Bertz CT molecular complexity index is 2540. The number of rotatable bonds is 14. The fourth-order valence-corrected chi connectivity index (χ4v) is 9.23. The lowest BCUT2D eigenvalue weighted by Crippen LogP contribution is -2.58. The lowest BCUT2D eigenvalue weighted by molar-refractivity contribution is -0.204. The van der Waals surface area contributed by atoms with Crippen LogP contribution >= 0.6 is 0 Å². The Morgan fingerprint density at radius 3 is 2.60 bits per heavy atom. The Morgan fingerprint density at radius 1 is 1.11 bits per heavy atom. The zero-order valence-electron chi connectivity index (χ0n) is 36.7. The molecule has 4 amide bonds. The van der Waals surface area contributed by atoms with Gasteiger partial charge in [0, 0.05) is 43.5 Å². The first-order valence-electron chi connectivity index (χ1n) is 21.5. The maximum absolute atomic E-state index is 14.8. The topological polar surface area (TPSA) is 288 Å². The normalized spacial score (nSPS) is 24.2. The molecule has 5 N–H and O–H groups in total. The van der Waals surface area contributed by atoms with E-state index in [0.29, 0.717) is 48.6 Å². The summed E-state index contributed by atoms with van der Waals surface area (Å²) in [4.78, 5) is 86.5. The molecule has 4 aliphatic rings. The van der Waals surface area contributed by atoms with Gasteiger partial charge in [0.2, 0.25) is 27.7 Å². The maximum atomic E-state index is 14.8. The number of carbonyl (C=O) groups excluding carboxylic acids is 5. The van der Waals surface area contributed by atoms with Crippen LogP contribution in [0.25, 0.3) is 10.9 Å². The van der Waals surface area contributed by atoms with Gasteiger partial charge >= 0.3 is 5.97 Å². The highest BCUT2D eigenvalue weighted by Gasteiger charge is 2.62. The second-order valence-corrected chi connectivity index (χ2v) is 18.8. The Morgan fingerprint density at radius 2 is 1.89 bits per heavy atom. The molecular weight excluding hydrogens is 867 g/mol. The molecular formula is C42H53N11O11S. The molecule has 3 fully saturated rings. The average Bonchev–Trinajstić information content (AvgIpc) is 4.15. The summed E-state index contributed by atoms with van der Waals surface area (Å²) in [7, 11) is -0.904. The molecule has 0 bridgehead atoms. The summed E-state index contributed by atoms with van der Waals surface area (Å²) in [6, 6.07) is 2.40. The molecule has 0 unspecified atom stereocenters. The lowest BCUT2D eigenvalue weighted by atomic mass is 10.0. The van der Waals surface area contributed by atoms with Gasteiger partial charge in [0.15, 0.2) is 17.2 Å². The quantitative estimate of drug-likeness (QED) is 0.0666. The van der Waals surface area contributed by atoms with Crippen molar-refractivity contribution in [2.75, 3.05) is 13.6 Å². The van der Waals surface area contributed by atoms with Crippen LogP contribution in [0.1, 0.15) is 87.7 Å². The van der Waals surface area contributed by atoms with E-state index in [1.807, 2.05) is 26.0 Å². The number of sulfonamides is 1. The summed E-state index contributed by atoms with van der Waals surface area (Å²) in [5.41, 5.74) is 1.04. The predicted octanol–water partition coefficient (Wildman–Crippen LogP) is 1.67. The summed E-state index contributed by atoms with van der Waals surface area (Å²) in [6.07, 6.45) is 8.67. The van der Waals surface area contributed by atoms with Gasteiger partial charge in [-0.3, -0.25) is 34.2 Å². The van der Waals surface area contributed by atoms with E-state index in [4.69, 9.17) is 24.7 Å². The number of benzene rings is 1. The number of ether oxygens (including phenoxy) is 2. The SMILES string of the molecule is CN/N=C\C(=N)C(=O)OOc1ccc2c(O[C@@H]3C[C@H]4C(=O)N[C@]5(C(=O)NS(=O)(=O)C6CC6)C[C@H]5/C=C\CCCCC[C@H](NC(=O)c5cnn(C)n5)C(=O)N4C3)cc(OC(C)C)nc2c1C. The zero-order chi connectivity index (χ0) is 46.6. The van der Waals surface area contributed by atoms with Crippen molar-refractivity contribution in [3.8, 4) is 17.4 Å². The summed E-state index contributed by atoms with van der Waals surface area (Å²) >= 11 is 0. The molecule has 1 saturated heterocycles. The number of allylic oxidation sites excluding steroid dienone is 1. The van der Waals surface area contributed by atoms with E-state index in [2.05, 4.69) is 41.1 Å². The number of hydrogen-bond acceptors (Lipinski definition) is 17. The number of amides is 4. The van der Waals surface area contributed by atoms with E-state index in [1.165, 1.54) is 29.0 Å². The number of aryl methyl sites for hydroxylation is 2. The third-order valence-corrected chi connectivity index (χ3v) is 13.3. The predicted molar refractivity (Wildman–Crippen MR) is 232 cm³/mol. The Balaban J connectivity index is 1.21. The zero-order valence-corrected chi connectivity index (χ0v) is 37.5. The highest BCUT2D eigenvalue weighted by molar-refractivity contribution is 7.91. The molecule has 0 spiro atoms. The number of carbonyl (C=O) groups is 5. The molecule has 5 atom stereocenters. The first-order valence-corrected chi connectivity index (χ1v) is 23.0. The van der Waals surface area contributed by atoms with Crippen LogP contribution in [0.15, 0.2) is 41.6 Å². The van der Waals surface area contributed by atoms with Crippen molar-refractivity contribution in [3.63, 3.8) is 0 Å². The molecule has 23 heteroatoms. The molecule has 2 aliphatic carbocycles. The molecule has 2 aliphatic heterocycles. The number of fused-ring (bicyclic) bond motifs is 3. The second kappa shape index (κ2) is 19.2. The largest absolute Gasteiger partial charge is 0.488 e. The fraction of sp³-hybridized carbons (Fsp3) is 0.524. The number of nitrogens with one attached hydrogen (secondary N) is 5. The standard InChI is InChI=1S/C42H53N11O11S/c1-23(2)61-35-18-34(28-15-16-33(24(3)36(28)48-35)63-64-40(57)29(43)20-45-44-4)62-26-17-32-38(55)49-42(41(58)51-65(59,60)27-13-14-27)19-25(42)11-9-7-6-8-10-12-30(39(56)53(32)22-26)47-37(54)31-21-46-52(5)50-31/h9,11,15-16,18,20-21,23,25-27,30,32,43-44H,6-8,10,12-14,17,19,22H2,1-5H3,(H,47,54)(H,49,55)(H,51,58)/b11-9-,43-29?,45-20-/t25-,26-,30+,32+,42-/m1/s1. The van der Waals surface area contributed by atoms with Gasteiger partial charge in [-0.1, -0.05) is 25.0 Å². The minimum Gasteiger partial charge on any atom is -0.488 e. The highest BCUT2D eigenvalue weighted by Crippen LogP contribution is 2.46. The summed E-state index contributed by atoms with van der Waals surface area (Å²) in [5, 5.41) is 25.0. The first kappa shape index (κ1) is 46.3. The first-order chi connectivity index (χ1) is 31.0. The number of pyridine rings is 1. The molecule has 22 nitrogen and oxygen atoms in total. The monoisotopic (exact) mass is 919 g/mol. The van der Waals surface area contributed by atoms with Crippen molar-refractivity contribution in [2.45, 2.75) is 114 Å². The number of hydrazone groups is 1.